The van der Waals surface area contributed by atoms with E-state index in [-0.39, 0.29) is 24.6 Å². The molecule has 0 bridgehead atoms. The van der Waals surface area contributed by atoms with E-state index in [9.17, 15) is 14.4 Å². The number of esters is 1. The molecule has 8 nitrogen and oxygen atoms in total. The lowest BCUT2D eigenvalue weighted by molar-refractivity contribution is -0.145. The van der Waals surface area contributed by atoms with Crippen LogP contribution in [0.25, 0.3) is 0 Å². The molecule has 1 amide bonds. The SMILES string of the molecule is COC(=O)C1CCCN1C(=O)c1ccn(CCC(=O)O)n1. The van der Waals surface area contributed by atoms with Gasteiger partial charge in [0.15, 0.2) is 0 Å². The van der Waals surface area contributed by atoms with Gasteiger partial charge in [-0.2, -0.15) is 5.10 Å². The summed E-state index contributed by atoms with van der Waals surface area (Å²) in [5.41, 5.74) is 0.205. The number of amides is 1. The molecule has 1 unspecified atom stereocenters. The van der Waals surface area contributed by atoms with E-state index in [4.69, 9.17) is 9.84 Å². The topological polar surface area (TPSA) is 102 Å². The molecular weight excluding hydrogens is 278 g/mol. The van der Waals surface area contributed by atoms with Crippen molar-refractivity contribution in [2.24, 2.45) is 0 Å². The van der Waals surface area contributed by atoms with Gasteiger partial charge in [-0.1, -0.05) is 0 Å². The van der Waals surface area contributed by atoms with Crippen LogP contribution in [0, 0.1) is 0 Å². The van der Waals surface area contributed by atoms with Crippen LogP contribution in [-0.4, -0.2) is 57.3 Å². The van der Waals surface area contributed by atoms with Crippen molar-refractivity contribution in [3.63, 3.8) is 0 Å². The highest BCUT2D eigenvalue weighted by molar-refractivity contribution is 5.95. The number of hydrogen-bond donors (Lipinski definition) is 1. The summed E-state index contributed by atoms with van der Waals surface area (Å²) in [5, 5.41) is 12.7. The van der Waals surface area contributed by atoms with Crippen molar-refractivity contribution in [3.05, 3.63) is 18.0 Å². The molecule has 0 saturated carbocycles. The van der Waals surface area contributed by atoms with Crippen molar-refractivity contribution in [3.8, 4) is 0 Å². The second-order valence-corrected chi connectivity index (χ2v) is 4.79. The van der Waals surface area contributed by atoms with Crippen LogP contribution in [0.4, 0.5) is 0 Å². The Balaban J connectivity index is 2.05. The minimum Gasteiger partial charge on any atom is -0.481 e. The summed E-state index contributed by atoms with van der Waals surface area (Å²) in [4.78, 5) is 36.0. The number of methoxy groups -OCH3 is 1. The minimum atomic E-state index is -0.927. The molecule has 0 radical (unpaired) electrons. The molecule has 2 rings (SSSR count). The average molecular weight is 295 g/mol. The van der Waals surface area contributed by atoms with Crippen molar-refractivity contribution < 1.29 is 24.2 Å². The molecular formula is C13H17N3O5. The van der Waals surface area contributed by atoms with Crippen LogP contribution in [-0.2, 0) is 20.9 Å². The van der Waals surface area contributed by atoms with Crippen LogP contribution >= 0.6 is 0 Å². The number of carboxylic acids is 1. The van der Waals surface area contributed by atoms with Crippen molar-refractivity contribution in [2.45, 2.75) is 31.8 Å². The van der Waals surface area contributed by atoms with E-state index in [2.05, 4.69) is 5.10 Å². The van der Waals surface area contributed by atoms with Crippen LogP contribution in [0.15, 0.2) is 12.3 Å². The highest BCUT2D eigenvalue weighted by Crippen LogP contribution is 2.20. The van der Waals surface area contributed by atoms with E-state index >= 15 is 0 Å². The van der Waals surface area contributed by atoms with Gasteiger partial charge in [0.2, 0.25) is 0 Å². The molecule has 1 aromatic rings. The second kappa shape index (κ2) is 6.38. The first kappa shape index (κ1) is 15.0. The lowest BCUT2D eigenvalue weighted by Crippen LogP contribution is -2.41. The van der Waals surface area contributed by atoms with E-state index in [1.165, 1.54) is 22.8 Å². The van der Waals surface area contributed by atoms with Gasteiger partial charge in [0, 0.05) is 12.7 Å². The van der Waals surface area contributed by atoms with E-state index in [1.54, 1.807) is 6.20 Å². The first-order valence-corrected chi connectivity index (χ1v) is 6.67. The minimum absolute atomic E-state index is 0.0657. The number of ether oxygens (including phenoxy) is 1. The highest BCUT2D eigenvalue weighted by atomic mass is 16.5. The molecule has 1 atom stereocenters. The molecule has 8 heteroatoms. The van der Waals surface area contributed by atoms with Crippen LogP contribution in [0.1, 0.15) is 29.8 Å². The van der Waals surface area contributed by atoms with Crippen LogP contribution < -0.4 is 0 Å². The fourth-order valence-corrected chi connectivity index (χ4v) is 2.35. The van der Waals surface area contributed by atoms with E-state index < -0.39 is 18.0 Å². The maximum absolute atomic E-state index is 12.4. The Kier molecular flexibility index (Phi) is 4.56. The monoisotopic (exact) mass is 295 g/mol. The Morgan fingerprint density at radius 3 is 2.90 bits per heavy atom. The molecule has 1 N–H and O–H groups in total. The van der Waals surface area contributed by atoms with Gasteiger partial charge >= 0.3 is 11.9 Å². The first-order chi connectivity index (χ1) is 10.0. The van der Waals surface area contributed by atoms with Crippen molar-refractivity contribution in [1.82, 2.24) is 14.7 Å². The van der Waals surface area contributed by atoms with Gasteiger partial charge in [-0.25, -0.2) is 4.79 Å². The summed E-state index contributed by atoms with van der Waals surface area (Å²) in [5.74, 6) is -1.69. The van der Waals surface area contributed by atoms with Crippen LogP contribution in [0.3, 0.4) is 0 Å². The molecule has 21 heavy (non-hydrogen) atoms. The van der Waals surface area contributed by atoms with E-state index in [0.29, 0.717) is 13.0 Å². The molecule has 1 aliphatic rings. The summed E-state index contributed by atoms with van der Waals surface area (Å²) in [6.45, 7) is 0.684. The first-order valence-electron chi connectivity index (χ1n) is 6.67. The number of aliphatic carboxylic acids is 1. The number of rotatable bonds is 5. The summed E-state index contributed by atoms with van der Waals surface area (Å²) >= 11 is 0. The Labute approximate surface area is 121 Å². The number of carbonyl (C=O) groups is 3. The van der Waals surface area contributed by atoms with Gasteiger partial charge in [0.25, 0.3) is 5.91 Å². The number of nitrogens with zero attached hydrogens (tertiary/aromatic N) is 3. The molecule has 2 heterocycles. The van der Waals surface area contributed by atoms with Crippen molar-refractivity contribution >= 4 is 17.8 Å². The normalized spacial score (nSPS) is 17.8. The Hall–Kier alpha value is -2.38. The third kappa shape index (κ3) is 3.39. The fourth-order valence-electron chi connectivity index (χ4n) is 2.35. The number of carboxylic acid groups (broad SMARTS) is 1. The van der Waals surface area contributed by atoms with E-state index in [1.807, 2.05) is 0 Å². The summed E-state index contributed by atoms with van der Waals surface area (Å²) < 4.78 is 6.10. The Morgan fingerprint density at radius 2 is 2.24 bits per heavy atom. The van der Waals surface area contributed by atoms with Gasteiger partial charge < -0.3 is 14.7 Å². The second-order valence-electron chi connectivity index (χ2n) is 4.79. The number of carbonyl (C=O) groups excluding carboxylic acids is 2. The molecule has 0 aliphatic carbocycles. The molecule has 1 fully saturated rings. The standard InChI is InChI=1S/C13H17N3O5/c1-21-13(20)10-3-2-6-16(10)12(19)9-4-7-15(14-9)8-5-11(17)18/h4,7,10H,2-3,5-6,8H2,1H3,(H,17,18). The van der Waals surface area contributed by atoms with Gasteiger partial charge in [0.05, 0.1) is 20.1 Å². The Bertz CT molecular complexity index is 554. The molecule has 1 aliphatic heterocycles. The number of likely N-dealkylation sites (tertiary alicyclic amines) is 1. The summed E-state index contributed by atoms with van der Waals surface area (Å²) in [7, 11) is 1.30. The molecule has 114 valence electrons. The number of hydrogen-bond acceptors (Lipinski definition) is 5. The average Bonchev–Trinajstić information content (AvgIpc) is 3.12. The molecule has 0 aromatic carbocycles. The summed E-state index contributed by atoms with van der Waals surface area (Å²) in [6, 6.07) is 0.961. The zero-order valence-electron chi connectivity index (χ0n) is 11.7. The lowest BCUT2D eigenvalue weighted by Gasteiger charge is -2.21. The third-order valence-corrected chi connectivity index (χ3v) is 3.40. The maximum atomic E-state index is 12.4. The molecule has 0 spiro atoms. The molecule has 1 saturated heterocycles. The van der Waals surface area contributed by atoms with Crippen molar-refractivity contribution in [2.75, 3.05) is 13.7 Å². The largest absolute Gasteiger partial charge is 0.481 e. The van der Waals surface area contributed by atoms with Crippen LogP contribution in [0.5, 0.6) is 0 Å². The highest BCUT2D eigenvalue weighted by Gasteiger charge is 2.36. The zero-order chi connectivity index (χ0) is 15.4. The quantitative estimate of drug-likeness (QED) is 0.775. The van der Waals surface area contributed by atoms with E-state index in [0.717, 1.165) is 6.42 Å². The zero-order valence-corrected chi connectivity index (χ0v) is 11.7. The fraction of sp³-hybridized carbons (Fsp3) is 0.538. The predicted octanol–water partition coefficient (Wildman–Crippen LogP) is 0.135. The van der Waals surface area contributed by atoms with Gasteiger partial charge in [0.1, 0.15) is 11.7 Å². The Morgan fingerprint density at radius 1 is 1.48 bits per heavy atom. The maximum Gasteiger partial charge on any atom is 0.328 e. The predicted molar refractivity (Wildman–Crippen MR) is 70.6 cm³/mol. The summed E-state index contributed by atoms with van der Waals surface area (Å²) in [6.07, 6.45) is 2.81. The van der Waals surface area contributed by atoms with Crippen molar-refractivity contribution in [1.29, 1.82) is 0 Å². The number of aromatic nitrogens is 2. The van der Waals surface area contributed by atoms with Gasteiger partial charge in [-0.3, -0.25) is 14.3 Å². The third-order valence-electron chi connectivity index (χ3n) is 3.40. The van der Waals surface area contributed by atoms with Crippen LogP contribution in [0.2, 0.25) is 0 Å². The lowest BCUT2D eigenvalue weighted by atomic mass is 10.2. The number of aryl methyl sites for hydroxylation is 1. The van der Waals surface area contributed by atoms with Gasteiger partial charge in [-0.05, 0) is 18.9 Å². The smallest absolute Gasteiger partial charge is 0.328 e. The van der Waals surface area contributed by atoms with Gasteiger partial charge in [-0.15, -0.1) is 0 Å². The molecule has 1 aromatic heterocycles.